The van der Waals surface area contributed by atoms with Crippen molar-refractivity contribution in [1.29, 1.82) is 0 Å². The van der Waals surface area contributed by atoms with Crippen molar-refractivity contribution in [2.75, 3.05) is 19.0 Å². The van der Waals surface area contributed by atoms with Crippen LogP contribution in [-0.4, -0.2) is 19.6 Å². The number of hydrogen-bond donors (Lipinski definition) is 2. The molecule has 4 nitrogen and oxygen atoms in total. The van der Waals surface area contributed by atoms with Gasteiger partial charge in [-0.2, -0.15) is 0 Å². The normalized spacial score (nSPS) is 11.8. The monoisotopic (exact) mass is 302 g/mol. The Morgan fingerprint density at radius 3 is 2.59 bits per heavy atom. The van der Waals surface area contributed by atoms with Crippen molar-refractivity contribution in [1.82, 2.24) is 5.32 Å². The summed E-state index contributed by atoms with van der Waals surface area (Å²) in [6.07, 6.45) is 0. The van der Waals surface area contributed by atoms with E-state index in [4.69, 9.17) is 4.74 Å². The van der Waals surface area contributed by atoms with Gasteiger partial charge in [-0.1, -0.05) is 30.3 Å². The lowest BCUT2D eigenvalue weighted by Gasteiger charge is -2.17. The lowest BCUT2D eigenvalue weighted by Crippen LogP contribution is -2.30. The minimum absolute atomic E-state index is 0.0671. The van der Waals surface area contributed by atoms with Crippen LogP contribution in [0.2, 0.25) is 0 Å². The van der Waals surface area contributed by atoms with Gasteiger partial charge in [0.25, 0.3) is 0 Å². The van der Waals surface area contributed by atoms with Gasteiger partial charge < -0.3 is 15.4 Å². The topological polar surface area (TPSA) is 50.4 Å². The first kappa shape index (κ1) is 16.0. The Morgan fingerprint density at radius 1 is 1.18 bits per heavy atom. The van der Waals surface area contributed by atoms with E-state index in [1.807, 2.05) is 31.2 Å². The number of ether oxygens (including phenoxy) is 1. The largest absolute Gasteiger partial charge is 0.496 e. The van der Waals surface area contributed by atoms with E-state index < -0.39 is 5.82 Å². The zero-order valence-corrected chi connectivity index (χ0v) is 12.6. The standard InChI is InChI=1S/C17H19FN2O2/c1-12(13-7-3-6-10-16(13)22-2)19-11-17(21)20-15-9-5-4-8-14(15)18/h3-10,12,19H,11H2,1-2H3,(H,20,21). The first-order valence-corrected chi connectivity index (χ1v) is 7.02. The van der Waals surface area contributed by atoms with Crippen molar-refractivity contribution < 1.29 is 13.9 Å². The number of carbonyl (C=O) groups is 1. The molecule has 1 atom stereocenters. The van der Waals surface area contributed by atoms with E-state index in [2.05, 4.69) is 10.6 Å². The van der Waals surface area contributed by atoms with Crippen molar-refractivity contribution >= 4 is 11.6 Å². The zero-order valence-electron chi connectivity index (χ0n) is 12.6. The molecule has 0 saturated heterocycles. The number of hydrogen-bond acceptors (Lipinski definition) is 3. The molecule has 1 amide bonds. The smallest absolute Gasteiger partial charge is 0.238 e. The fourth-order valence-electron chi connectivity index (χ4n) is 2.14. The number of amides is 1. The van der Waals surface area contributed by atoms with Gasteiger partial charge in [-0.15, -0.1) is 0 Å². The minimum Gasteiger partial charge on any atom is -0.496 e. The predicted octanol–water partition coefficient (Wildman–Crippen LogP) is 3.12. The third-order valence-electron chi connectivity index (χ3n) is 3.32. The fraction of sp³-hybridized carbons (Fsp3) is 0.235. The van der Waals surface area contributed by atoms with E-state index in [1.165, 1.54) is 12.1 Å². The van der Waals surface area contributed by atoms with Crippen LogP contribution in [0.3, 0.4) is 0 Å². The van der Waals surface area contributed by atoms with Crippen LogP contribution in [0.15, 0.2) is 48.5 Å². The summed E-state index contributed by atoms with van der Waals surface area (Å²) in [5, 5.41) is 5.64. The van der Waals surface area contributed by atoms with Crippen LogP contribution >= 0.6 is 0 Å². The van der Waals surface area contributed by atoms with Gasteiger partial charge in [-0.25, -0.2) is 4.39 Å². The van der Waals surface area contributed by atoms with E-state index in [1.54, 1.807) is 19.2 Å². The van der Waals surface area contributed by atoms with Gasteiger partial charge in [0, 0.05) is 11.6 Å². The maximum Gasteiger partial charge on any atom is 0.238 e. The molecule has 2 rings (SSSR count). The number of benzene rings is 2. The molecule has 0 spiro atoms. The predicted molar refractivity (Wildman–Crippen MR) is 84.4 cm³/mol. The summed E-state index contributed by atoms with van der Waals surface area (Å²) in [7, 11) is 1.61. The van der Waals surface area contributed by atoms with Crippen molar-refractivity contribution in [3.63, 3.8) is 0 Å². The molecular weight excluding hydrogens is 283 g/mol. The van der Waals surface area contributed by atoms with E-state index >= 15 is 0 Å². The summed E-state index contributed by atoms with van der Waals surface area (Å²) in [6, 6.07) is 13.6. The summed E-state index contributed by atoms with van der Waals surface area (Å²) >= 11 is 0. The fourth-order valence-corrected chi connectivity index (χ4v) is 2.14. The number of para-hydroxylation sites is 2. The third-order valence-corrected chi connectivity index (χ3v) is 3.32. The first-order chi connectivity index (χ1) is 10.6. The Labute approximate surface area is 129 Å². The van der Waals surface area contributed by atoms with Crippen molar-refractivity contribution in [2.24, 2.45) is 0 Å². The van der Waals surface area contributed by atoms with Gasteiger partial charge in [-0.05, 0) is 25.1 Å². The van der Waals surface area contributed by atoms with Crippen molar-refractivity contribution in [2.45, 2.75) is 13.0 Å². The second-order valence-electron chi connectivity index (χ2n) is 4.87. The highest BCUT2D eigenvalue weighted by Crippen LogP contribution is 2.24. The highest BCUT2D eigenvalue weighted by atomic mass is 19.1. The highest BCUT2D eigenvalue weighted by molar-refractivity contribution is 5.92. The van der Waals surface area contributed by atoms with Crippen LogP contribution in [-0.2, 0) is 4.79 Å². The lowest BCUT2D eigenvalue weighted by molar-refractivity contribution is -0.115. The molecule has 2 N–H and O–H groups in total. The van der Waals surface area contributed by atoms with E-state index in [0.29, 0.717) is 0 Å². The average Bonchev–Trinajstić information content (AvgIpc) is 2.54. The summed E-state index contributed by atoms with van der Waals surface area (Å²) < 4.78 is 18.8. The number of carbonyl (C=O) groups excluding carboxylic acids is 1. The quantitative estimate of drug-likeness (QED) is 0.862. The summed E-state index contributed by atoms with van der Waals surface area (Å²) in [5.74, 6) is 0.0116. The molecule has 0 bridgehead atoms. The maximum absolute atomic E-state index is 13.5. The number of anilines is 1. The van der Waals surface area contributed by atoms with Gasteiger partial charge in [0.15, 0.2) is 0 Å². The van der Waals surface area contributed by atoms with Crippen molar-refractivity contribution in [3.8, 4) is 5.75 Å². The lowest BCUT2D eigenvalue weighted by atomic mass is 10.1. The van der Waals surface area contributed by atoms with Crippen LogP contribution in [0.1, 0.15) is 18.5 Å². The Bertz CT molecular complexity index is 646. The molecule has 0 aliphatic carbocycles. The zero-order chi connectivity index (χ0) is 15.9. The highest BCUT2D eigenvalue weighted by Gasteiger charge is 2.12. The van der Waals surface area contributed by atoms with Crippen molar-refractivity contribution in [3.05, 3.63) is 59.9 Å². The Morgan fingerprint density at radius 2 is 1.86 bits per heavy atom. The van der Waals surface area contributed by atoms with Crippen LogP contribution in [0.25, 0.3) is 0 Å². The summed E-state index contributed by atoms with van der Waals surface area (Å²) in [6.45, 7) is 2.02. The number of nitrogens with one attached hydrogen (secondary N) is 2. The third kappa shape index (κ3) is 4.05. The molecule has 0 radical (unpaired) electrons. The first-order valence-electron chi connectivity index (χ1n) is 7.02. The Hall–Kier alpha value is -2.40. The molecule has 0 saturated carbocycles. The molecule has 0 heterocycles. The average molecular weight is 302 g/mol. The van der Waals surface area contributed by atoms with Gasteiger partial charge >= 0.3 is 0 Å². The van der Waals surface area contributed by atoms with Gasteiger partial charge in [0.05, 0.1) is 19.3 Å². The maximum atomic E-state index is 13.5. The Balaban J connectivity index is 1.92. The Kier molecular flexibility index (Phi) is 5.49. The second-order valence-corrected chi connectivity index (χ2v) is 4.87. The van der Waals surface area contributed by atoms with Crippen LogP contribution < -0.4 is 15.4 Å². The van der Waals surface area contributed by atoms with E-state index in [-0.39, 0.29) is 24.2 Å². The molecule has 0 aliphatic heterocycles. The molecule has 0 aromatic heterocycles. The van der Waals surface area contributed by atoms with Gasteiger partial charge in [0.2, 0.25) is 5.91 Å². The second kappa shape index (κ2) is 7.56. The van der Waals surface area contributed by atoms with E-state index in [9.17, 15) is 9.18 Å². The van der Waals surface area contributed by atoms with E-state index in [0.717, 1.165) is 11.3 Å². The molecule has 2 aromatic rings. The molecule has 0 fully saturated rings. The number of halogens is 1. The van der Waals surface area contributed by atoms with Crippen LogP contribution in [0.4, 0.5) is 10.1 Å². The van der Waals surface area contributed by atoms with Gasteiger partial charge in [-0.3, -0.25) is 4.79 Å². The molecule has 116 valence electrons. The number of rotatable bonds is 6. The minimum atomic E-state index is -0.450. The summed E-state index contributed by atoms with van der Waals surface area (Å²) in [5.41, 5.74) is 1.14. The number of methoxy groups -OCH3 is 1. The van der Waals surface area contributed by atoms with Gasteiger partial charge in [0.1, 0.15) is 11.6 Å². The molecule has 1 unspecified atom stereocenters. The molecule has 2 aromatic carbocycles. The molecule has 0 aliphatic rings. The molecule has 22 heavy (non-hydrogen) atoms. The van der Waals surface area contributed by atoms with Crippen LogP contribution in [0.5, 0.6) is 5.75 Å². The summed E-state index contributed by atoms with van der Waals surface area (Å²) in [4.78, 5) is 11.9. The molecule has 5 heteroatoms. The SMILES string of the molecule is COc1ccccc1C(C)NCC(=O)Nc1ccccc1F. The van der Waals surface area contributed by atoms with Crippen LogP contribution in [0, 0.1) is 5.82 Å². The molecular formula is C17H19FN2O2.